The topological polar surface area (TPSA) is 82.3 Å². The zero-order valence-corrected chi connectivity index (χ0v) is 17.2. The molecule has 0 unspecified atom stereocenters. The number of carbonyl (C=O) groups excluding carboxylic acids is 2. The molecule has 6 heteroatoms. The molecule has 0 spiro atoms. The van der Waals surface area contributed by atoms with Crippen LogP contribution in [0.2, 0.25) is 0 Å². The predicted octanol–water partition coefficient (Wildman–Crippen LogP) is 5.44. The van der Waals surface area contributed by atoms with E-state index in [-0.39, 0.29) is 11.8 Å². The van der Waals surface area contributed by atoms with E-state index < -0.39 is 0 Å². The minimum Gasteiger partial charge on any atom is -0.356 e. The van der Waals surface area contributed by atoms with Crippen LogP contribution in [-0.4, -0.2) is 11.8 Å². The van der Waals surface area contributed by atoms with Crippen LogP contribution in [0.4, 0.5) is 22.7 Å². The van der Waals surface area contributed by atoms with Crippen molar-refractivity contribution in [3.05, 3.63) is 120 Å². The quantitative estimate of drug-likeness (QED) is 0.299. The fourth-order valence-corrected chi connectivity index (χ4v) is 3.02. The van der Waals surface area contributed by atoms with Gasteiger partial charge in [-0.3, -0.25) is 20.4 Å². The van der Waals surface area contributed by atoms with Gasteiger partial charge in [-0.1, -0.05) is 36.4 Å². The van der Waals surface area contributed by atoms with E-state index in [9.17, 15) is 9.59 Å². The molecule has 0 aromatic heterocycles. The number of para-hydroxylation sites is 1. The molecule has 0 aliphatic carbocycles. The zero-order valence-electron chi connectivity index (χ0n) is 17.2. The summed E-state index contributed by atoms with van der Waals surface area (Å²) in [6.07, 6.45) is 0. The molecule has 0 atom stereocenters. The van der Waals surface area contributed by atoms with E-state index in [1.165, 1.54) is 0 Å². The number of carbonyl (C=O) groups is 2. The van der Waals surface area contributed by atoms with Crippen LogP contribution >= 0.6 is 0 Å². The number of rotatable bonds is 7. The predicted molar refractivity (Wildman–Crippen MR) is 128 cm³/mol. The molecule has 32 heavy (non-hydrogen) atoms. The molecule has 0 aliphatic heterocycles. The number of nitrogens with one attached hydrogen (secondary N) is 4. The van der Waals surface area contributed by atoms with Crippen LogP contribution in [0.1, 0.15) is 20.7 Å². The molecule has 0 radical (unpaired) electrons. The van der Waals surface area contributed by atoms with E-state index >= 15 is 0 Å². The summed E-state index contributed by atoms with van der Waals surface area (Å²) in [5.74, 6) is -0.374. The number of hydrogen-bond acceptors (Lipinski definition) is 4. The summed E-state index contributed by atoms with van der Waals surface area (Å²) in [6.45, 7) is 0. The average molecular weight is 422 g/mol. The molecule has 4 aromatic rings. The largest absolute Gasteiger partial charge is 0.356 e. The third-order valence-electron chi connectivity index (χ3n) is 4.71. The SMILES string of the molecule is O=C(NNc1ccccc1)c1ccc(Nc2ccc(NC(=O)c3ccccc3)cc2)cc1. The van der Waals surface area contributed by atoms with E-state index in [1.54, 1.807) is 24.3 Å². The third kappa shape index (κ3) is 5.52. The molecule has 2 amide bonds. The van der Waals surface area contributed by atoms with Crippen molar-refractivity contribution < 1.29 is 9.59 Å². The second-order valence-corrected chi connectivity index (χ2v) is 7.04. The molecule has 0 bridgehead atoms. The summed E-state index contributed by atoms with van der Waals surface area (Å²) in [5.41, 5.74) is 9.94. The van der Waals surface area contributed by atoms with Crippen molar-refractivity contribution in [2.75, 3.05) is 16.1 Å². The Morgan fingerprint density at radius 1 is 0.469 bits per heavy atom. The van der Waals surface area contributed by atoms with Crippen molar-refractivity contribution in [3.63, 3.8) is 0 Å². The van der Waals surface area contributed by atoms with Crippen LogP contribution in [0, 0.1) is 0 Å². The maximum atomic E-state index is 12.3. The first-order chi connectivity index (χ1) is 15.7. The second kappa shape index (κ2) is 9.95. The zero-order chi connectivity index (χ0) is 22.2. The van der Waals surface area contributed by atoms with Gasteiger partial charge in [0.2, 0.25) is 0 Å². The highest BCUT2D eigenvalue weighted by Crippen LogP contribution is 2.20. The van der Waals surface area contributed by atoms with Crippen LogP contribution in [-0.2, 0) is 0 Å². The highest BCUT2D eigenvalue weighted by Gasteiger charge is 2.06. The van der Waals surface area contributed by atoms with Crippen molar-refractivity contribution in [3.8, 4) is 0 Å². The van der Waals surface area contributed by atoms with Crippen LogP contribution in [0.3, 0.4) is 0 Å². The fraction of sp³-hybridized carbons (Fsp3) is 0. The summed E-state index contributed by atoms with van der Waals surface area (Å²) in [7, 11) is 0. The van der Waals surface area contributed by atoms with Crippen LogP contribution in [0.15, 0.2) is 109 Å². The monoisotopic (exact) mass is 422 g/mol. The lowest BCUT2D eigenvalue weighted by molar-refractivity contribution is 0.0961. The molecule has 0 heterocycles. The minimum atomic E-state index is -0.223. The second-order valence-electron chi connectivity index (χ2n) is 7.04. The Bertz CT molecular complexity index is 1180. The van der Waals surface area contributed by atoms with E-state index in [0.717, 1.165) is 17.1 Å². The van der Waals surface area contributed by atoms with Crippen LogP contribution < -0.4 is 21.5 Å². The van der Waals surface area contributed by atoms with Crippen molar-refractivity contribution >= 4 is 34.6 Å². The van der Waals surface area contributed by atoms with E-state index in [0.29, 0.717) is 16.8 Å². The molecule has 4 N–H and O–H groups in total. The maximum Gasteiger partial charge on any atom is 0.269 e. The Kier molecular flexibility index (Phi) is 6.43. The average Bonchev–Trinajstić information content (AvgIpc) is 2.85. The normalized spacial score (nSPS) is 10.1. The van der Waals surface area contributed by atoms with E-state index in [2.05, 4.69) is 21.5 Å². The molecule has 6 nitrogen and oxygen atoms in total. The first kappa shape index (κ1) is 20.7. The standard InChI is InChI=1S/C26H22N4O2/c31-25(19-7-3-1-4-8-19)28-23-17-15-22(16-18-23)27-21-13-11-20(12-14-21)26(32)30-29-24-9-5-2-6-10-24/h1-18,27,29H,(H,28,31)(H,30,32). The number of anilines is 4. The lowest BCUT2D eigenvalue weighted by atomic mass is 10.2. The molecule has 0 fully saturated rings. The first-order valence-electron chi connectivity index (χ1n) is 10.1. The lowest BCUT2D eigenvalue weighted by Gasteiger charge is -2.10. The Balaban J connectivity index is 1.31. The maximum absolute atomic E-state index is 12.3. The minimum absolute atomic E-state index is 0.151. The number of benzene rings is 4. The summed E-state index contributed by atoms with van der Waals surface area (Å²) in [4.78, 5) is 24.5. The number of hydrazine groups is 1. The summed E-state index contributed by atoms with van der Waals surface area (Å²) >= 11 is 0. The van der Waals surface area contributed by atoms with Crippen molar-refractivity contribution in [2.24, 2.45) is 0 Å². The molecule has 0 saturated heterocycles. The van der Waals surface area contributed by atoms with E-state index in [4.69, 9.17) is 0 Å². The van der Waals surface area contributed by atoms with Crippen molar-refractivity contribution in [1.82, 2.24) is 5.43 Å². The van der Waals surface area contributed by atoms with E-state index in [1.807, 2.05) is 84.9 Å². The molecular formula is C26H22N4O2. The molecule has 158 valence electrons. The van der Waals surface area contributed by atoms with Crippen LogP contribution in [0.5, 0.6) is 0 Å². The van der Waals surface area contributed by atoms with Gasteiger partial charge in [0.05, 0.1) is 5.69 Å². The highest BCUT2D eigenvalue weighted by molar-refractivity contribution is 6.04. The highest BCUT2D eigenvalue weighted by atomic mass is 16.2. The number of amides is 2. The Morgan fingerprint density at radius 3 is 1.59 bits per heavy atom. The van der Waals surface area contributed by atoms with Gasteiger partial charge in [0.25, 0.3) is 11.8 Å². The van der Waals surface area contributed by atoms with Crippen LogP contribution in [0.25, 0.3) is 0 Å². The van der Waals surface area contributed by atoms with Gasteiger partial charge in [-0.25, -0.2) is 0 Å². The fourth-order valence-electron chi connectivity index (χ4n) is 3.02. The summed E-state index contributed by atoms with van der Waals surface area (Å²) < 4.78 is 0. The van der Waals surface area contributed by atoms with Gasteiger partial charge in [0.1, 0.15) is 0 Å². The smallest absolute Gasteiger partial charge is 0.269 e. The molecule has 0 saturated carbocycles. The van der Waals surface area contributed by atoms with Gasteiger partial charge in [-0.05, 0) is 72.8 Å². The van der Waals surface area contributed by atoms with Gasteiger partial charge in [0.15, 0.2) is 0 Å². The summed E-state index contributed by atoms with van der Waals surface area (Å²) in [6, 6.07) is 33.1. The van der Waals surface area contributed by atoms with Gasteiger partial charge >= 0.3 is 0 Å². The van der Waals surface area contributed by atoms with Gasteiger partial charge in [-0.15, -0.1) is 0 Å². The Hall–Kier alpha value is -4.58. The molecule has 4 aromatic carbocycles. The van der Waals surface area contributed by atoms with Gasteiger partial charge in [-0.2, -0.15) is 0 Å². The van der Waals surface area contributed by atoms with Gasteiger partial charge in [0, 0.05) is 28.2 Å². The van der Waals surface area contributed by atoms with Crippen molar-refractivity contribution in [2.45, 2.75) is 0 Å². The Labute approximate surface area is 186 Å². The third-order valence-corrected chi connectivity index (χ3v) is 4.71. The molecular weight excluding hydrogens is 400 g/mol. The first-order valence-corrected chi connectivity index (χ1v) is 10.1. The van der Waals surface area contributed by atoms with Gasteiger partial charge < -0.3 is 10.6 Å². The molecule has 0 aliphatic rings. The van der Waals surface area contributed by atoms with Crippen molar-refractivity contribution in [1.29, 1.82) is 0 Å². The summed E-state index contributed by atoms with van der Waals surface area (Å²) in [5, 5.41) is 6.16. The molecule has 4 rings (SSSR count). The Morgan fingerprint density at radius 2 is 0.969 bits per heavy atom. The number of hydrogen-bond donors (Lipinski definition) is 4. The lowest BCUT2D eigenvalue weighted by Crippen LogP contribution is -2.29.